The van der Waals surface area contributed by atoms with E-state index in [0.717, 1.165) is 25.7 Å². The molecule has 2 nitrogen and oxygen atoms in total. The summed E-state index contributed by atoms with van der Waals surface area (Å²) in [6.07, 6.45) is 7.71. The Morgan fingerprint density at radius 3 is 2.71 bits per heavy atom. The third-order valence-corrected chi connectivity index (χ3v) is 2.47. The predicted octanol–water partition coefficient (Wildman–Crippen LogP) is 3.52. The number of carbonyl (C=O) groups is 1. The fourth-order valence-corrected chi connectivity index (χ4v) is 1.61. The van der Waals surface area contributed by atoms with Crippen molar-refractivity contribution < 1.29 is 9.53 Å². The standard InChI is InChI=1S/C15H20O2/c1-2-17-15(16)13-9-4-3-6-10-14-11-7-5-8-12-14/h5,7-9,11-13H,2-4,6,10H2,1H3/b13-9+. The number of benzene rings is 1. The highest BCUT2D eigenvalue weighted by molar-refractivity contribution is 5.81. The highest BCUT2D eigenvalue weighted by atomic mass is 16.5. The lowest BCUT2D eigenvalue weighted by Crippen LogP contribution is -1.98. The molecule has 0 fully saturated rings. The maximum atomic E-state index is 11.0. The van der Waals surface area contributed by atoms with E-state index in [2.05, 4.69) is 24.3 Å². The van der Waals surface area contributed by atoms with Crippen LogP contribution in [0.25, 0.3) is 0 Å². The van der Waals surface area contributed by atoms with Gasteiger partial charge >= 0.3 is 5.97 Å². The van der Waals surface area contributed by atoms with Crippen molar-refractivity contribution in [3.63, 3.8) is 0 Å². The van der Waals surface area contributed by atoms with Crippen LogP contribution in [0.1, 0.15) is 31.7 Å². The van der Waals surface area contributed by atoms with E-state index >= 15 is 0 Å². The second-order valence-corrected chi connectivity index (χ2v) is 3.89. The highest BCUT2D eigenvalue weighted by Crippen LogP contribution is 2.06. The molecule has 0 aliphatic carbocycles. The first-order valence-electron chi connectivity index (χ1n) is 6.20. The van der Waals surface area contributed by atoms with E-state index in [-0.39, 0.29) is 5.97 Å². The molecule has 0 aliphatic heterocycles. The topological polar surface area (TPSA) is 26.3 Å². The Balaban J connectivity index is 2.07. The summed E-state index contributed by atoms with van der Waals surface area (Å²) in [7, 11) is 0. The molecule has 1 rings (SSSR count). The van der Waals surface area contributed by atoms with Crippen LogP contribution >= 0.6 is 0 Å². The zero-order valence-electron chi connectivity index (χ0n) is 10.4. The summed E-state index contributed by atoms with van der Waals surface area (Å²) in [6.45, 7) is 2.25. The smallest absolute Gasteiger partial charge is 0.330 e. The van der Waals surface area contributed by atoms with Gasteiger partial charge in [-0.3, -0.25) is 0 Å². The number of esters is 1. The van der Waals surface area contributed by atoms with E-state index in [0.29, 0.717) is 6.61 Å². The van der Waals surface area contributed by atoms with Gasteiger partial charge in [-0.1, -0.05) is 36.4 Å². The Morgan fingerprint density at radius 2 is 2.00 bits per heavy atom. The van der Waals surface area contributed by atoms with Crippen LogP contribution in [0.15, 0.2) is 42.5 Å². The molecular formula is C15H20O2. The van der Waals surface area contributed by atoms with Gasteiger partial charge < -0.3 is 4.74 Å². The van der Waals surface area contributed by atoms with Gasteiger partial charge in [-0.05, 0) is 38.2 Å². The van der Waals surface area contributed by atoms with Gasteiger partial charge in [-0.2, -0.15) is 0 Å². The molecule has 0 N–H and O–H groups in total. The minimum Gasteiger partial charge on any atom is -0.463 e. The van der Waals surface area contributed by atoms with E-state index in [1.807, 2.05) is 19.1 Å². The normalized spacial score (nSPS) is 10.6. The summed E-state index contributed by atoms with van der Waals surface area (Å²) >= 11 is 0. The minimum absolute atomic E-state index is 0.240. The van der Waals surface area contributed by atoms with E-state index in [9.17, 15) is 4.79 Å². The Morgan fingerprint density at radius 1 is 1.24 bits per heavy atom. The summed E-state index contributed by atoms with van der Waals surface area (Å²) in [5.74, 6) is -0.240. The first kappa shape index (κ1) is 13.5. The molecule has 92 valence electrons. The van der Waals surface area contributed by atoms with Crippen LogP contribution in [0.5, 0.6) is 0 Å². The molecule has 0 aliphatic rings. The second-order valence-electron chi connectivity index (χ2n) is 3.89. The van der Waals surface area contributed by atoms with Crippen molar-refractivity contribution in [2.24, 2.45) is 0 Å². The first-order valence-corrected chi connectivity index (χ1v) is 6.20. The van der Waals surface area contributed by atoms with Crippen molar-refractivity contribution in [1.82, 2.24) is 0 Å². The van der Waals surface area contributed by atoms with Gasteiger partial charge in [0.1, 0.15) is 0 Å². The van der Waals surface area contributed by atoms with Gasteiger partial charge in [-0.25, -0.2) is 4.79 Å². The molecule has 0 spiro atoms. The summed E-state index contributed by atoms with van der Waals surface area (Å²) in [4.78, 5) is 11.0. The molecule has 0 bridgehead atoms. The Bertz CT molecular complexity index is 341. The molecule has 17 heavy (non-hydrogen) atoms. The van der Waals surface area contributed by atoms with Gasteiger partial charge in [-0.15, -0.1) is 0 Å². The van der Waals surface area contributed by atoms with Crippen LogP contribution in [-0.4, -0.2) is 12.6 Å². The number of unbranched alkanes of at least 4 members (excludes halogenated alkanes) is 2. The molecule has 0 saturated heterocycles. The van der Waals surface area contributed by atoms with Gasteiger partial charge in [0.25, 0.3) is 0 Å². The maximum absolute atomic E-state index is 11.0. The molecule has 0 aromatic heterocycles. The van der Waals surface area contributed by atoms with Crippen LogP contribution in [-0.2, 0) is 16.0 Å². The molecule has 0 heterocycles. The van der Waals surface area contributed by atoms with Gasteiger partial charge in [0.15, 0.2) is 0 Å². The van der Waals surface area contributed by atoms with Crippen LogP contribution in [0.2, 0.25) is 0 Å². The maximum Gasteiger partial charge on any atom is 0.330 e. The number of hydrogen-bond acceptors (Lipinski definition) is 2. The summed E-state index contributed by atoms with van der Waals surface area (Å²) < 4.78 is 4.79. The van der Waals surface area contributed by atoms with E-state index in [1.54, 1.807) is 0 Å². The van der Waals surface area contributed by atoms with Crippen molar-refractivity contribution in [2.75, 3.05) is 6.61 Å². The zero-order valence-corrected chi connectivity index (χ0v) is 10.4. The summed E-state index contributed by atoms with van der Waals surface area (Å²) in [5, 5.41) is 0. The molecular weight excluding hydrogens is 212 g/mol. The van der Waals surface area contributed by atoms with E-state index in [4.69, 9.17) is 4.74 Å². The highest BCUT2D eigenvalue weighted by Gasteiger charge is 1.93. The molecule has 0 unspecified atom stereocenters. The molecule has 0 amide bonds. The average Bonchev–Trinajstić information content (AvgIpc) is 2.35. The van der Waals surface area contributed by atoms with Crippen LogP contribution in [0.4, 0.5) is 0 Å². The molecule has 2 heteroatoms. The van der Waals surface area contributed by atoms with Crippen molar-refractivity contribution in [2.45, 2.75) is 32.6 Å². The summed E-state index contributed by atoms with van der Waals surface area (Å²) in [5.41, 5.74) is 1.38. The van der Waals surface area contributed by atoms with E-state index < -0.39 is 0 Å². The molecule has 0 radical (unpaired) electrons. The van der Waals surface area contributed by atoms with Crippen LogP contribution < -0.4 is 0 Å². The number of aryl methyl sites for hydroxylation is 1. The van der Waals surface area contributed by atoms with Crippen molar-refractivity contribution in [3.05, 3.63) is 48.0 Å². The lowest BCUT2D eigenvalue weighted by Gasteiger charge is -1.99. The fourth-order valence-electron chi connectivity index (χ4n) is 1.61. The molecule has 1 aromatic carbocycles. The van der Waals surface area contributed by atoms with Crippen LogP contribution in [0.3, 0.4) is 0 Å². The molecule has 0 atom stereocenters. The van der Waals surface area contributed by atoms with Crippen LogP contribution in [0, 0.1) is 0 Å². The lowest BCUT2D eigenvalue weighted by atomic mass is 10.1. The average molecular weight is 232 g/mol. The SMILES string of the molecule is CCOC(=O)/C=C/CCCCc1ccccc1. The third-order valence-electron chi connectivity index (χ3n) is 2.47. The number of hydrogen-bond donors (Lipinski definition) is 0. The lowest BCUT2D eigenvalue weighted by molar-refractivity contribution is -0.137. The fraction of sp³-hybridized carbons (Fsp3) is 0.400. The number of carbonyl (C=O) groups excluding carboxylic acids is 1. The second kappa shape index (κ2) is 8.57. The van der Waals surface area contributed by atoms with Crippen molar-refractivity contribution in [3.8, 4) is 0 Å². The van der Waals surface area contributed by atoms with Crippen molar-refractivity contribution >= 4 is 5.97 Å². The number of rotatable bonds is 7. The monoisotopic (exact) mass is 232 g/mol. The largest absolute Gasteiger partial charge is 0.463 e. The van der Waals surface area contributed by atoms with Crippen molar-refractivity contribution in [1.29, 1.82) is 0 Å². The number of ether oxygens (including phenoxy) is 1. The minimum atomic E-state index is -0.240. The van der Waals surface area contributed by atoms with Gasteiger partial charge in [0.2, 0.25) is 0 Å². The quantitative estimate of drug-likeness (QED) is 0.408. The first-order chi connectivity index (χ1) is 8.33. The zero-order chi connectivity index (χ0) is 12.3. The predicted molar refractivity (Wildman–Crippen MR) is 69.8 cm³/mol. The van der Waals surface area contributed by atoms with Gasteiger partial charge in [0, 0.05) is 6.08 Å². The number of allylic oxidation sites excluding steroid dienone is 1. The summed E-state index contributed by atoms with van der Waals surface area (Å²) in [6, 6.07) is 10.5. The third kappa shape index (κ3) is 6.56. The molecule has 0 saturated carbocycles. The Labute approximate surface area is 103 Å². The Hall–Kier alpha value is -1.57. The van der Waals surface area contributed by atoms with E-state index in [1.165, 1.54) is 11.6 Å². The molecule has 1 aromatic rings. The Kier molecular flexibility index (Phi) is 6.80. The van der Waals surface area contributed by atoms with Gasteiger partial charge in [0.05, 0.1) is 6.61 Å².